The van der Waals surface area contributed by atoms with Crippen molar-refractivity contribution in [3.63, 3.8) is 0 Å². The first-order valence-corrected chi connectivity index (χ1v) is 7.39. The van der Waals surface area contributed by atoms with Crippen LogP contribution in [0.25, 0.3) is 0 Å². The van der Waals surface area contributed by atoms with E-state index in [2.05, 4.69) is 33.2 Å². The molecule has 0 saturated heterocycles. The van der Waals surface area contributed by atoms with Crippen LogP contribution in [0.15, 0.2) is 22.9 Å². The van der Waals surface area contributed by atoms with E-state index in [-0.39, 0.29) is 5.91 Å². The van der Waals surface area contributed by atoms with E-state index in [1.807, 2.05) is 6.07 Å². The Balaban J connectivity index is 1.95. The van der Waals surface area contributed by atoms with E-state index in [9.17, 15) is 4.79 Å². The summed E-state index contributed by atoms with van der Waals surface area (Å²) in [6.07, 6.45) is 9.25. The molecule has 0 aliphatic heterocycles. The van der Waals surface area contributed by atoms with Gasteiger partial charge < -0.3 is 5.32 Å². The Hall–Kier alpha value is -0.900. The molecular weight excluding hydrogens is 292 g/mol. The molecule has 18 heavy (non-hydrogen) atoms. The van der Waals surface area contributed by atoms with Gasteiger partial charge in [0.2, 0.25) is 0 Å². The number of nitrogens with one attached hydrogen (secondary N) is 1. The molecule has 2 unspecified atom stereocenters. The van der Waals surface area contributed by atoms with E-state index in [1.54, 1.807) is 12.4 Å². The first-order valence-electron chi connectivity index (χ1n) is 6.60. The number of hydrogen-bond donors (Lipinski definition) is 1. The maximum Gasteiger partial charge on any atom is 0.253 e. The number of halogens is 1. The molecule has 1 aliphatic carbocycles. The van der Waals surface area contributed by atoms with Gasteiger partial charge in [-0.1, -0.05) is 26.2 Å². The van der Waals surface area contributed by atoms with Gasteiger partial charge in [0.1, 0.15) is 0 Å². The molecule has 0 bridgehead atoms. The first-order chi connectivity index (χ1) is 8.69. The molecule has 1 amide bonds. The third kappa shape index (κ3) is 3.55. The third-order valence-corrected chi connectivity index (χ3v) is 4.10. The van der Waals surface area contributed by atoms with Crippen LogP contribution in [0.2, 0.25) is 0 Å². The van der Waals surface area contributed by atoms with Gasteiger partial charge in [-0.2, -0.15) is 0 Å². The van der Waals surface area contributed by atoms with E-state index < -0.39 is 0 Å². The maximum atomic E-state index is 12.1. The number of carbonyl (C=O) groups excluding carboxylic acids is 1. The average Bonchev–Trinajstić information content (AvgIpc) is 2.39. The number of nitrogens with zero attached hydrogens (tertiary/aromatic N) is 1. The summed E-state index contributed by atoms with van der Waals surface area (Å²) in [7, 11) is 0. The molecule has 1 aromatic heterocycles. The van der Waals surface area contributed by atoms with Gasteiger partial charge in [-0.3, -0.25) is 9.78 Å². The lowest BCUT2D eigenvalue weighted by Crippen LogP contribution is -2.38. The molecule has 3 nitrogen and oxygen atoms in total. The monoisotopic (exact) mass is 310 g/mol. The van der Waals surface area contributed by atoms with Crippen molar-refractivity contribution < 1.29 is 4.79 Å². The summed E-state index contributed by atoms with van der Waals surface area (Å²) in [5.41, 5.74) is 0.628. The molecule has 4 heteroatoms. The molecule has 1 heterocycles. The summed E-state index contributed by atoms with van der Waals surface area (Å²) in [5.74, 6) is 0.759. The largest absolute Gasteiger partial charge is 0.349 e. The summed E-state index contributed by atoms with van der Waals surface area (Å²) < 4.78 is 0.838. The van der Waals surface area contributed by atoms with Gasteiger partial charge >= 0.3 is 0 Å². The van der Waals surface area contributed by atoms with Crippen LogP contribution in [-0.2, 0) is 0 Å². The fourth-order valence-corrected chi connectivity index (χ4v) is 2.96. The smallest absolute Gasteiger partial charge is 0.253 e. The zero-order chi connectivity index (χ0) is 13.0. The lowest BCUT2D eigenvalue weighted by atomic mass is 9.84. The van der Waals surface area contributed by atoms with E-state index in [4.69, 9.17) is 0 Å². The molecule has 0 spiro atoms. The van der Waals surface area contributed by atoms with E-state index in [0.717, 1.165) is 23.2 Å². The predicted octanol–water partition coefficient (Wildman–Crippen LogP) is 3.54. The molecule has 1 saturated carbocycles. The van der Waals surface area contributed by atoms with Gasteiger partial charge in [0.05, 0.1) is 5.56 Å². The second kappa shape index (κ2) is 6.32. The van der Waals surface area contributed by atoms with Crippen LogP contribution in [0.5, 0.6) is 0 Å². The molecule has 1 N–H and O–H groups in total. The second-order valence-corrected chi connectivity index (χ2v) is 5.92. The molecule has 2 atom stereocenters. The molecular formula is C14H19BrN2O. The summed E-state index contributed by atoms with van der Waals surface area (Å²) in [6.45, 7) is 2.23. The van der Waals surface area contributed by atoms with Crippen LogP contribution >= 0.6 is 15.9 Å². The van der Waals surface area contributed by atoms with Crippen molar-refractivity contribution in [2.24, 2.45) is 5.92 Å². The fraction of sp³-hybridized carbons (Fsp3) is 0.571. The normalized spacial score (nSPS) is 23.7. The zero-order valence-corrected chi connectivity index (χ0v) is 12.2. The Bertz CT molecular complexity index is 422. The quantitative estimate of drug-likeness (QED) is 0.927. The van der Waals surface area contributed by atoms with E-state index >= 15 is 0 Å². The number of rotatable bonds is 3. The SMILES string of the molecule is CCC1CCCC(NC(=O)c2cncc(Br)c2)C1. The minimum atomic E-state index is -0.00875. The van der Waals surface area contributed by atoms with Crippen LogP contribution in [-0.4, -0.2) is 16.9 Å². The van der Waals surface area contributed by atoms with Crippen molar-refractivity contribution in [3.8, 4) is 0 Å². The van der Waals surface area contributed by atoms with Gasteiger partial charge in [-0.25, -0.2) is 0 Å². The van der Waals surface area contributed by atoms with Crippen LogP contribution < -0.4 is 5.32 Å². The van der Waals surface area contributed by atoms with Crippen molar-refractivity contribution in [1.29, 1.82) is 0 Å². The number of hydrogen-bond acceptors (Lipinski definition) is 2. The van der Waals surface area contributed by atoms with Gasteiger partial charge in [0, 0.05) is 22.9 Å². The first kappa shape index (κ1) is 13.5. The molecule has 1 aromatic rings. The van der Waals surface area contributed by atoms with E-state index in [0.29, 0.717) is 11.6 Å². The Morgan fingerprint density at radius 1 is 1.50 bits per heavy atom. The van der Waals surface area contributed by atoms with Crippen molar-refractivity contribution in [1.82, 2.24) is 10.3 Å². The highest BCUT2D eigenvalue weighted by Gasteiger charge is 2.22. The van der Waals surface area contributed by atoms with E-state index in [1.165, 1.54) is 19.3 Å². The Morgan fingerprint density at radius 2 is 2.33 bits per heavy atom. The summed E-state index contributed by atoms with van der Waals surface area (Å²) in [5, 5.41) is 3.13. The summed E-state index contributed by atoms with van der Waals surface area (Å²) >= 11 is 3.33. The highest BCUT2D eigenvalue weighted by atomic mass is 79.9. The molecule has 2 rings (SSSR count). The second-order valence-electron chi connectivity index (χ2n) is 5.00. The van der Waals surface area contributed by atoms with Crippen molar-refractivity contribution >= 4 is 21.8 Å². The highest BCUT2D eigenvalue weighted by Crippen LogP contribution is 2.26. The highest BCUT2D eigenvalue weighted by molar-refractivity contribution is 9.10. The third-order valence-electron chi connectivity index (χ3n) is 3.66. The lowest BCUT2D eigenvalue weighted by molar-refractivity contribution is 0.0918. The van der Waals surface area contributed by atoms with Gasteiger partial charge in [-0.05, 0) is 40.8 Å². The van der Waals surface area contributed by atoms with Gasteiger partial charge in [0.15, 0.2) is 0 Å². The Morgan fingerprint density at radius 3 is 3.06 bits per heavy atom. The fourth-order valence-electron chi connectivity index (χ4n) is 2.60. The Labute approximate surface area is 117 Å². The number of amides is 1. The number of aromatic nitrogens is 1. The molecule has 0 aromatic carbocycles. The van der Waals surface area contributed by atoms with Gasteiger partial charge in [0.25, 0.3) is 5.91 Å². The predicted molar refractivity (Wildman–Crippen MR) is 75.4 cm³/mol. The van der Waals surface area contributed by atoms with Gasteiger partial charge in [-0.15, -0.1) is 0 Å². The Kier molecular flexibility index (Phi) is 4.75. The lowest BCUT2D eigenvalue weighted by Gasteiger charge is -2.29. The minimum absolute atomic E-state index is 0.00875. The summed E-state index contributed by atoms with van der Waals surface area (Å²) in [4.78, 5) is 16.1. The molecule has 1 fully saturated rings. The topological polar surface area (TPSA) is 42.0 Å². The molecule has 98 valence electrons. The van der Waals surface area contributed by atoms with Crippen LogP contribution in [0, 0.1) is 5.92 Å². The zero-order valence-electron chi connectivity index (χ0n) is 10.7. The number of pyridine rings is 1. The molecule has 0 radical (unpaired) electrons. The van der Waals surface area contributed by atoms with Crippen LogP contribution in [0.3, 0.4) is 0 Å². The standard InChI is InChI=1S/C14H19BrN2O/c1-2-10-4-3-5-13(6-10)17-14(18)11-7-12(15)9-16-8-11/h7-10,13H,2-6H2,1H3,(H,17,18). The maximum absolute atomic E-state index is 12.1. The summed E-state index contributed by atoms with van der Waals surface area (Å²) in [6, 6.07) is 2.14. The van der Waals surface area contributed by atoms with Crippen molar-refractivity contribution in [2.45, 2.75) is 45.1 Å². The van der Waals surface area contributed by atoms with Crippen LogP contribution in [0.4, 0.5) is 0 Å². The van der Waals surface area contributed by atoms with Crippen molar-refractivity contribution in [2.75, 3.05) is 0 Å². The molecule has 1 aliphatic rings. The minimum Gasteiger partial charge on any atom is -0.349 e. The van der Waals surface area contributed by atoms with Crippen molar-refractivity contribution in [3.05, 3.63) is 28.5 Å². The number of carbonyl (C=O) groups is 1. The van der Waals surface area contributed by atoms with Crippen LogP contribution in [0.1, 0.15) is 49.4 Å². The average molecular weight is 311 g/mol.